The van der Waals surface area contributed by atoms with E-state index in [0.717, 1.165) is 6.07 Å². The van der Waals surface area contributed by atoms with E-state index in [1.54, 1.807) is 13.0 Å². The Labute approximate surface area is 164 Å². The van der Waals surface area contributed by atoms with E-state index >= 15 is 0 Å². The third kappa shape index (κ3) is 3.99. The van der Waals surface area contributed by atoms with Gasteiger partial charge in [0.15, 0.2) is 0 Å². The Balaban J connectivity index is 2.48. The number of carbonyl (C=O) groups is 1. The van der Waals surface area contributed by atoms with Crippen LogP contribution < -0.4 is 5.32 Å². The molecule has 0 atom stereocenters. The van der Waals surface area contributed by atoms with Crippen LogP contribution in [0.15, 0.2) is 28.7 Å². The fourth-order valence-electron chi connectivity index (χ4n) is 2.49. The Hall–Kier alpha value is -2.12. The molecule has 0 aliphatic carbocycles. The van der Waals surface area contributed by atoms with Gasteiger partial charge >= 0.3 is 0 Å². The number of nitro benzene ring substituents is 1. The summed E-state index contributed by atoms with van der Waals surface area (Å²) in [6.07, 6.45) is 0. The highest BCUT2D eigenvalue weighted by Crippen LogP contribution is 2.39. The Morgan fingerprint density at radius 3 is 2.42 bits per heavy atom. The first-order chi connectivity index (χ1) is 11.9. The van der Waals surface area contributed by atoms with Crippen molar-refractivity contribution < 1.29 is 14.8 Å². The summed E-state index contributed by atoms with van der Waals surface area (Å²) < 4.78 is 0.695. The fraction of sp³-hybridized carbons (Fsp3) is 0.278. The summed E-state index contributed by atoms with van der Waals surface area (Å²) >= 11 is 9.45. The molecule has 0 aliphatic heterocycles. The van der Waals surface area contributed by atoms with Gasteiger partial charge in [0.25, 0.3) is 11.6 Å². The molecule has 2 aromatic rings. The summed E-state index contributed by atoms with van der Waals surface area (Å²) in [5.74, 6) is -0.656. The van der Waals surface area contributed by atoms with E-state index in [0.29, 0.717) is 15.6 Å². The van der Waals surface area contributed by atoms with Crippen LogP contribution in [0.5, 0.6) is 5.75 Å². The van der Waals surface area contributed by atoms with Gasteiger partial charge in [-0.2, -0.15) is 0 Å². The zero-order valence-electron chi connectivity index (χ0n) is 14.7. The van der Waals surface area contributed by atoms with E-state index in [-0.39, 0.29) is 33.1 Å². The molecular formula is C18H18BrClN2O4. The summed E-state index contributed by atoms with van der Waals surface area (Å²) in [5, 5.41) is 24.1. The second-order valence-electron chi connectivity index (χ2n) is 6.88. The third-order valence-electron chi connectivity index (χ3n) is 3.94. The lowest BCUT2D eigenvalue weighted by Crippen LogP contribution is -2.18. The van der Waals surface area contributed by atoms with E-state index in [4.69, 9.17) is 11.6 Å². The number of amides is 1. The summed E-state index contributed by atoms with van der Waals surface area (Å²) in [4.78, 5) is 23.0. The van der Waals surface area contributed by atoms with Gasteiger partial charge in [-0.05, 0) is 30.0 Å². The Bertz CT molecular complexity index is 907. The lowest BCUT2D eigenvalue weighted by molar-refractivity contribution is -0.384. The van der Waals surface area contributed by atoms with Crippen molar-refractivity contribution in [2.45, 2.75) is 33.1 Å². The number of hydrogen-bond acceptors (Lipinski definition) is 4. The topological polar surface area (TPSA) is 92.5 Å². The van der Waals surface area contributed by atoms with E-state index in [2.05, 4.69) is 21.2 Å². The molecule has 0 aromatic heterocycles. The van der Waals surface area contributed by atoms with Gasteiger partial charge in [-0.3, -0.25) is 14.9 Å². The van der Waals surface area contributed by atoms with Gasteiger partial charge in [-0.15, -0.1) is 0 Å². The number of nitrogens with one attached hydrogen (secondary N) is 1. The van der Waals surface area contributed by atoms with Crippen LogP contribution in [0, 0.1) is 17.0 Å². The van der Waals surface area contributed by atoms with Gasteiger partial charge in [0.1, 0.15) is 5.75 Å². The van der Waals surface area contributed by atoms with Gasteiger partial charge in [0.2, 0.25) is 0 Å². The molecule has 2 aromatic carbocycles. The molecule has 0 fully saturated rings. The van der Waals surface area contributed by atoms with Crippen LogP contribution in [-0.2, 0) is 5.41 Å². The van der Waals surface area contributed by atoms with E-state index in [1.165, 1.54) is 12.1 Å². The summed E-state index contributed by atoms with van der Waals surface area (Å²) in [7, 11) is 0. The molecule has 0 heterocycles. The normalized spacial score (nSPS) is 11.3. The number of aromatic hydroxyl groups is 1. The van der Waals surface area contributed by atoms with Crippen molar-refractivity contribution in [2.75, 3.05) is 5.32 Å². The van der Waals surface area contributed by atoms with Crippen LogP contribution >= 0.6 is 27.5 Å². The lowest BCUT2D eigenvalue weighted by Gasteiger charge is -2.23. The first-order valence-electron chi connectivity index (χ1n) is 7.71. The predicted octanol–water partition coefficient (Wildman–Crippen LogP) is 5.57. The molecule has 138 valence electrons. The van der Waals surface area contributed by atoms with Crippen LogP contribution in [-0.4, -0.2) is 15.9 Å². The first-order valence-corrected chi connectivity index (χ1v) is 8.88. The molecule has 0 saturated carbocycles. The number of non-ortho nitro benzene ring substituents is 1. The minimum Gasteiger partial charge on any atom is -0.507 e. The van der Waals surface area contributed by atoms with Gasteiger partial charge in [0, 0.05) is 22.2 Å². The van der Waals surface area contributed by atoms with E-state index in [1.807, 2.05) is 20.8 Å². The maximum Gasteiger partial charge on any atom is 0.271 e. The Morgan fingerprint density at radius 1 is 1.31 bits per heavy atom. The monoisotopic (exact) mass is 440 g/mol. The SMILES string of the molecule is Cc1c(Br)cc(C(C)(C)C)c(O)c1C(=O)Nc1ccc([N+](=O)[O-])cc1Cl. The van der Waals surface area contributed by atoms with Crippen molar-refractivity contribution >= 4 is 44.8 Å². The van der Waals surface area contributed by atoms with Crippen molar-refractivity contribution in [3.05, 3.63) is 60.6 Å². The number of hydrogen-bond donors (Lipinski definition) is 2. The number of anilines is 1. The average Bonchev–Trinajstić information content (AvgIpc) is 2.51. The van der Waals surface area contributed by atoms with Crippen LogP contribution in [0.1, 0.15) is 42.3 Å². The maximum atomic E-state index is 12.8. The van der Waals surface area contributed by atoms with Gasteiger partial charge in [0.05, 0.1) is 21.2 Å². The van der Waals surface area contributed by atoms with Crippen molar-refractivity contribution in [2.24, 2.45) is 0 Å². The molecule has 26 heavy (non-hydrogen) atoms. The minimum atomic E-state index is -0.572. The molecule has 0 unspecified atom stereocenters. The molecular weight excluding hydrogens is 424 g/mol. The molecule has 0 radical (unpaired) electrons. The van der Waals surface area contributed by atoms with Crippen molar-refractivity contribution in [1.29, 1.82) is 0 Å². The molecule has 6 nitrogen and oxygen atoms in total. The van der Waals surface area contributed by atoms with Gasteiger partial charge < -0.3 is 10.4 Å². The molecule has 0 spiro atoms. The average molecular weight is 442 g/mol. The van der Waals surface area contributed by atoms with Crippen molar-refractivity contribution in [3.8, 4) is 5.75 Å². The molecule has 1 amide bonds. The largest absolute Gasteiger partial charge is 0.507 e. The second-order valence-corrected chi connectivity index (χ2v) is 8.14. The smallest absolute Gasteiger partial charge is 0.271 e. The molecule has 0 saturated heterocycles. The molecule has 2 N–H and O–H groups in total. The van der Waals surface area contributed by atoms with Crippen molar-refractivity contribution in [3.63, 3.8) is 0 Å². The second kappa shape index (κ2) is 7.25. The molecule has 0 aliphatic rings. The quantitative estimate of drug-likeness (QED) is 0.481. The number of phenols is 1. The maximum absolute atomic E-state index is 12.8. The van der Waals surface area contributed by atoms with Gasteiger partial charge in [-0.1, -0.05) is 48.3 Å². The third-order valence-corrected chi connectivity index (χ3v) is 5.08. The zero-order chi connectivity index (χ0) is 19.8. The summed E-state index contributed by atoms with van der Waals surface area (Å²) in [6, 6.07) is 5.55. The minimum absolute atomic E-state index is 0.0377. The zero-order valence-corrected chi connectivity index (χ0v) is 17.0. The van der Waals surface area contributed by atoms with Crippen LogP contribution in [0.2, 0.25) is 5.02 Å². The number of rotatable bonds is 3. The molecule has 0 bridgehead atoms. The summed E-state index contributed by atoms with van der Waals surface area (Å²) in [6.45, 7) is 7.50. The number of carbonyl (C=O) groups excluding carboxylic acids is 1. The number of nitro groups is 1. The lowest BCUT2D eigenvalue weighted by atomic mass is 9.84. The van der Waals surface area contributed by atoms with E-state index < -0.39 is 10.8 Å². The van der Waals surface area contributed by atoms with Gasteiger partial charge in [-0.25, -0.2) is 0 Å². The molecule has 2 rings (SSSR count). The fourth-order valence-corrected chi connectivity index (χ4v) is 3.14. The number of phenolic OH excluding ortho intramolecular Hbond substituents is 1. The highest BCUT2D eigenvalue weighted by molar-refractivity contribution is 9.10. The van der Waals surface area contributed by atoms with Crippen LogP contribution in [0.3, 0.4) is 0 Å². The highest BCUT2D eigenvalue weighted by Gasteiger charge is 2.26. The van der Waals surface area contributed by atoms with Crippen LogP contribution in [0.25, 0.3) is 0 Å². The number of halogens is 2. The number of nitrogens with zero attached hydrogens (tertiary/aromatic N) is 1. The highest BCUT2D eigenvalue weighted by atomic mass is 79.9. The molecule has 8 heteroatoms. The Kier molecular flexibility index (Phi) is 5.63. The Morgan fingerprint density at radius 2 is 1.92 bits per heavy atom. The first kappa shape index (κ1) is 20.2. The van der Waals surface area contributed by atoms with Crippen LogP contribution in [0.4, 0.5) is 11.4 Å². The predicted molar refractivity (Wildman–Crippen MR) is 105 cm³/mol. The summed E-state index contributed by atoms with van der Waals surface area (Å²) in [5.41, 5.74) is 0.989. The number of benzene rings is 2. The van der Waals surface area contributed by atoms with E-state index in [9.17, 15) is 20.0 Å². The van der Waals surface area contributed by atoms with Crippen molar-refractivity contribution in [1.82, 2.24) is 0 Å². The standard InChI is InChI=1S/C18H18BrClN2O4/c1-9-12(19)8-11(18(2,3)4)16(23)15(9)17(24)21-14-6-5-10(22(25)26)7-13(14)20/h5-8,23H,1-4H3,(H,21,24).